The third kappa shape index (κ3) is 13.0. The van der Waals surface area contributed by atoms with Gasteiger partial charge in [0.15, 0.2) is 19.8 Å². The minimum Gasteiger partial charge on any atom is -0.461 e. The Morgan fingerprint density at radius 1 is 0.710 bits per heavy atom. The topological polar surface area (TPSA) is 270 Å². The van der Waals surface area contributed by atoms with Crippen LogP contribution in [0.1, 0.15) is 46.3 Å². The van der Waals surface area contributed by atoms with E-state index in [1.807, 2.05) is 6.07 Å². The Hall–Kier alpha value is -8.82. The molecule has 0 saturated carbocycles. The van der Waals surface area contributed by atoms with Crippen LogP contribution in [0.4, 0.5) is 11.4 Å². The van der Waals surface area contributed by atoms with Crippen LogP contribution < -0.4 is 15.2 Å². The first kappa shape index (κ1) is 48.1. The molecular formula is C50H39N5O13S. The van der Waals surface area contributed by atoms with Crippen molar-refractivity contribution >= 4 is 89.5 Å². The number of nitrogens with two attached hydrogens (primary N) is 1. The highest BCUT2D eigenvalue weighted by molar-refractivity contribution is 7.89. The van der Waals surface area contributed by atoms with Crippen molar-refractivity contribution in [2.75, 3.05) is 25.1 Å². The number of amides is 1. The molecule has 19 heteroatoms. The third-order valence-electron chi connectivity index (χ3n) is 10.4. The highest BCUT2D eigenvalue weighted by atomic mass is 32.2. The van der Waals surface area contributed by atoms with Crippen molar-refractivity contribution < 1.29 is 60.9 Å². The minimum atomic E-state index is -3.94. The molecule has 0 heterocycles. The van der Waals surface area contributed by atoms with Crippen molar-refractivity contribution in [2.45, 2.75) is 37.2 Å². The predicted molar refractivity (Wildman–Crippen MR) is 250 cm³/mol. The Bertz CT molecular complexity index is 3330. The maximum atomic E-state index is 12.9. The van der Waals surface area contributed by atoms with Gasteiger partial charge in [-0.05, 0) is 110 Å². The lowest BCUT2D eigenvalue weighted by atomic mass is 9.90. The second-order valence-corrected chi connectivity index (χ2v) is 16.7. The summed E-state index contributed by atoms with van der Waals surface area (Å²) in [7, 11) is -3.94. The number of anilines is 1. The number of ether oxygens (including phenoxy) is 5. The molecule has 18 nitrogen and oxygen atoms in total. The molecule has 0 bridgehead atoms. The number of primary sulfonamides is 1. The number of hydrogen-bond donors (Lipinski definition) is 2. The monoisotopic (exact) mass is 949 g/mol. The first-order valence-corrected chi connectivity index (χ1v) is 22.5. The van der Waals surface area contributed by atoms with E-state index >= 15 is 0 Å². The van der Waals surface area contributed by atoms with Crippen LogP contribution in [-0.4, -0.2) is 64.0 Å². The standard InChI is InChI=1S/C50H39N5O13S/c51-55-54-39-18-15-37(16-19-39)50(61)67-30-47(60)68-42-26-31(28-65-44(57)8-2-4-32-11-12-36-14-13-34-5-1-6-35-17-24-41(32)49(36)48(34)35)9-10-33(42)7-3-25-64-46(59)29-66-45(58)27-43(56)53-38-20-22-40(23-21-38)69(52,62)63/h1,5-6,9-24,26H,2,4,8,25,27-30H2,(H,53,56)(H2,52,62,63). The summed E-state index contributed by atoms with van der Waals surface area (Å²) in [5.74, 6) is 0.0759. The number of hydrogen-bond acceptors (Lipinski definition) is 14. The van der Waals surface area contributed by atoms with Gasteiger partial charge in [-0.2, -0.15) is 0 Å². The van der Waals surface area contributed by atoms with Gasteiger partial charge < -0.3 is 29.0 Å². The maximum absolute atomic E-state index is 12.9. The molecule has 0 spiro atoms. The molecule has 7 aromatic rings. The Morgan fingerprint density at radius 2 is 1.41 bits per heavy atom. The van der Waals surface area contributed by atoms with E-state index in [2.05, 4.69) is 75.7 Å². The first-order valence-electron chi connectivity index (χ1n) is 20.9. The van der Waals surface area contributed by atoms with Crippen molar-refractivity contribution in [3.05, 3.63) is 154 Å². The van der Waals surface area contributed by atoms with E-state index in [-0.39, 0.29) is 46.2 Å². The van der Waals surface area contributed by atoms with Gasteiger partial charge in [0.25, 0.3) is 0 Å². The van der Waals surface area contributed by atoms with Gasteiger partial charge >= 0.3 is 29.8 Å². The highest BCUT2D eigenvalue weighted by Gasteiger charge is 2.18. The van der Waals surface area contributed by atoms with Gasteiger partial charge in [-0.25, -0.2) is 27.9 Å². The summed E-state index contributed by atoms with van der Waals surface area (Å²) in [4.78, 5) is 77.6. The number of rotatable bonds is 18. The van der Waals surface area contributed by atoms with Crippen molar-refractivity contribution in [2.24, 2.45) is 10.3 Å². The number of nitrogens with zero attached hydrogens (tertiary/aromatic N) is 3. The lowest BCUT2D eigenvalue weighted by Gasteiger charge is -2.14. The van der Waals surface area contributed by atoms with Crippen LogP contribution in [0, 0.1) is 11.8 Å². The molecule has 0 aliphatic carbocycles. The first-order chi connectivity index (χ1) is 33.2. The Labute approximate surface area is 393 Å². The smallest absolute Gasteiger partial charge is 0.349 e. The largest absolute Gasteiger partial charge is 0.461 e. The Kier molecular flexibility index (Phi) is 15.4. The summed E-state index contributed by atoms with van der Waals surface area (Å²) in [5, 5.41) is 17.9. The van der Waals surface area contributed by atoms with Crippen molar-refractivity contribution in [3.63, 3.8) is 0 Å². The highest BCUT2D eigenvalue weighted by Crippen LogP contribution is 2.36. The van der Waals surface area contributed by atoms with Crippen LogP contribution in [0.5, 0.6) is 5.75 Å². The fraction of sp³-hybridized carbons (Fsp3) is 0.160. The summed E-state index contributed by atoms with van der Waals surface area (Å²) in [6, 6.07) is 33.8. The van der Waals surface area contributed by atoms with Gasteiger partial charge in [0.05, 0.1) is 16.0 Å². The van der Waals surface area contributed by atoms with Crippen LogP contribution in [-0.2, 0) is 66.0 Å². The second-order valence-electron chi connectivity index (χ2n) is 15.1. The summed E-state index contributed by atoms with van der Waals surface area (Å²) in [6.45, 7) is -2.32. The van der Waals surface area contributed by atoms with Crippen molar-refractivity contribution in [1.29, 1.82) is 0 Å². The number of nitrogens with one attached hydrogen (secondary N) is 1. The number of benzene rings is 7. The molecule has 0 unspecified atom stereocenters. The summed E-state index contributed by atoms with van der Waals surface area (Å²) >= 11 is 0. The minimum absolute atomic E-state index is 0.0773. The Morgan fingerprint density at radius 3 is 2.13 bits per heavy atom. The van der Waals surface area contributed by atoms with Crippen LogP contribution in [0.25, 0.3) is 42.8 Å². The van der Waals surface area contributed by atoms with Crippen LogP contribution >= 0.6 is 0 Å². The summed E-state index contributed by atoms with van der Waals surface area (Å²) in [5.41, 5.74) is 10.8. The van der Waals surface area contributed by atoms with E-state index < -0.39 is 72.0 Å². The molecule has 69 heavy (non-hydrogen) atoms. The lowest BCUT2D eigenvalue weighted by molar-refractivity contribution is -0.158. The number of carbonyl (C=O) groups is 6. The summed E-state index contributed by atoms with van der Waals surface area (Å²) < 4.78 is 48.8. The zero-order valence-electron chi connectivity index (χ0n) is 36.3. The number of sulfonamides is 1. The van der Waals surface area contributed by atoms with Gasteiger partial charge in [0, 0.05) is 22.7 Å². The zero-order valence-corrected chi connectivity index (χ0v) is 37.2. The predicted octanol–water partition coefficient (Wildman–Crippen LogP) is 7.47. The number of esters is 5. The van der Waals surface area contributed by atoms with Gasteiger partial charge in [-0.1, -0.05) is 89.8 Å². The van der Waals surface area contributed by atoms with E-state index in [1.54, 1.807) is 6.07 Å². The molecule has 0 aromatic heterocycles. The average molecular weight is 950 g/mol. The van der Waals surface area contributed by atoms with E-state index in [0.717, 1.165) is 16.3 Å². The van der Waals surface area contributed by atoms with Crippen molar-refractivity contribution in [3.8, 4) is 17.6 Å². The molecule has 0 saturated heterocycles. The molecule has 3 N–H and O–H groups in total. The lowest BCUT2D eigenvalue weighted by Crippen LogP contribution is -2.21. The molecule has 7 rings (SSSR count). The molecule has 0 atom stereocenters. The van der Waals surface area contributed by atoms with Crippen molar-refractivity contribution in [1.82, 2.24) is 0 Å². The van der Waals surface area contributed by atoms with E-state index in [1.165, 1.54) is 82.2 Å². The van der Waals surface area contributed by atoms with Gasteiger partial charge in [-0.15, -0.1) is 0 Å². The zero-order chi connectivity index (χ0) is 48.9. The molecule has 348 valence electrons. The molecule has 1 amide bonds. The van der Waals surface area contributed by atoms with Gasteiger partial charge in [0.1, 0.15) is 18.8 Å². The fourth-order valence-electron chi connectivity index (χ4n) is 7.14. The maximum Gasteiger partial charge on any atom is 0.349 e. The second kappa shape index (κ2) is 22.1. The van der Waals surface area contributed by atoms with E-state index in [4.69, 9.17) is 34.4 Å². The molecule has 0 aliphatic rings. The molecular weight excluding hydrogens is 911 g/mol. The number of aryl methyl sites for hydroxylation is 1. The fourth-order valence-corrected chi connectivity index (χ4v) is 7.65. The number of azide groups is 1. The Balaban J connectivity index is 0.927. The average Bonchev–Trinajstić information content (AvgIpc) is 3.33. The van der Waals surface area contributed by atoms with Crippen LogP contribution in [0.15, 0.2) is 131 Å². The molecule has 0 fully saturated rings. The van der Waals surface area contributed by atoms with Gasteiger partial charge in [-0.3, -0.25) is 14.4 Å². The normalized spacial score (nSPS) is 10.9. The quantitative estimate of drug-likeness (QED) is 0.00974. The van der Waals surface area contributed by atoms with Gasteiger partial charge in [0.2, 0.25) is 15.9 Å². The third-order valence-corrected chi connectivity index (χ3v) is 11.3. The van der Waals surface area contributed by atoms with E-state index in [0.29, 0.717) is 18.4 Å². The SMILES string of the molecule is [N-]=[N+]=Nc1ccc(C(=O)OCC(=O)Oc2cc(COC(=O)CCCc3ccc4ccc5cccc6ccc3c4c56)ccc2C#CCOC(=O)COC(=O)CC(=O)Nc2ccc(S(N)(=O)=O)cc2)cc1. The van der Waals surface area contributed by atoms with E-state index in [9.17, 15) is 37.2 Å². The molecule has 0 radical (unpaired) electrons. The number of carbonyl (C=O) groups excluding carboxylic acids is 6. The summed E-state index contributed by atoms with van der Waals surface area (Å²) in [6.07, 6.45) is 0.552. The van der Waals surface area contributed by atoms with Crippen LogP contribution in [0.2, 0.25) is 0 Å². The molecule has 7 aromatic carbocycles. The van der Waals surface area contributed by atoms with Crippen LogP contribution in [0.3, 0.4) is 0 Å². The molecule has 0 aliphatic heterocycles.